The number of hydrogen-bond donors (Lipinski definition) is 3. The third-order valence-corrected chi connectivity index (χ3v) is 3.60. The molecule has 0 radical (unpaired) electrons. The number of nitrogens with one attached hydrogen (secondary N) is 3. The molecule has 3 rings (SSSR count). The maximum absolute atomic E-state index is 12.2. The molecule has 3 N–H and O–H groups in total. The molecule has 0 fully saturated rings. The number of carbonyl (C=O) groups excluding carboxylic acids is 1. The monoisotopic (exact) mass is 323 g/mol. The van der Waals surface area contributed by atoms with Gasteiger partial charge in [-0.3, -0.25) is 5.32 Å². The molecular weight excluding hydrogens is 306 g/mol. The molecule has 24 heavy (non-hydrogen) atoms. The lowest BCUT2D eigenvalue weighted by Gasteiger charge is -2.12. The molecule has 2 amide bonds. The summed E-state index contributed by atoms with van der Waals surface area (Å²) in [4.78, 5) is 24.3. The van der Waals surface area contributed by atoms with Crippen LogP contribution in [0.2, 0.25) is 0 Å². The molecule has 0 saturated carbocycles. The summed E-state index contributed by atoms with van der Waals surface area (Å²) in [5.41, 5.74) is 1.43. The van der Waals surface area contributed by atoms with Gasteiger partial charge in [0, 0.05) is 19.0 Å². The molecule has 0 unspecified atom stereocenters. The van der Waals surface area contributed by atoms with Gasteiger partial charge in [-0.15, -0.1) is 0 Å². The van der Waals surface area contributed by atoms with Crippen LogP contribution in [0.25, 0.3) is 11.0 Å². The van der Waals surface area contributed by atoms with Crippen LogP contribution < -0.4 is 21.6 Å². The van der Waals surface area contributed by atoms with Crippen LogP contribution in [-0.2, 0) is 6.54 Å². The van der Waals surface area contributed by atoms with Gasteiger partial charge in [-0.05, 0) is 17.7 Å². The Morgan fingerprint density at radius 3 is 2.46 bits per heavy atom. The fraction of sp³-hybridized carbons (Fsp3) is 0.111. The van der Waals surface area contributed by atoms with Crippen molar-refractivity contribution in [3.05, 3.63) is 70.6 Å². The Labute approximate surface area is 138 Å². The summed E-state index contributed by atoms with van der Waals surface area (Å²) in [5.74, 6) is 0. The van der Waals surface area contributed by atoms with Gasteiger partial charge in [-0.2, -0.15) is 0 Å². The van der Waals surface area contributed by atoms with E-state index in [0.29, 0.717) is 17.8 Å². The van der Waals surface area contributed by atoms with E-state index in [2.05, 4.69) is 16.0 Å². The number of benzene rings is 2. The molecule has 0 aliphatic heterocycles. The Hall–Kier alpha value is -3.28. The van der Waals surface area contributed by atoms with Gasteiger partial charge in [0.05, 0.1) is 5.69 Å². The van der Waals surface area contributed by atoms with Crippen LogP contribution in [0.5, 0.6) is 0 Å². The van der Waals surface area contributed by atoms with Crippen molar-refractivity contribution in [1.29, 1.82) is 0 Å². The second-order valence-corrected chi connectivity index (χ2v) is 5.18. The number of para-hydroxylation sites is 1. The molecule has 1 aromatic heterocycles. The first kappa shape index (κ1) is 15.6. The van der Waals surface area contributed by atoms with E-state index in [-0.39, 0.29) is 5.69 Å². The first-order valence-electron chi connectivity index (χ1n) is 7.51. The second kappa shape index (κ2) is 6.87. The van der Waals surface area contributed by atoms with E-state index >= 15 is 0 Å². The van der Waals surface area contributed by atoms with Gasteiger partial charge >= 0.3 is 11.7 Å². The lowest BCUT2D eigenvalue weighted by Crippen LogP contribution is -2.30. The summed E-state index contributed by atoms with van der Waals surface area (Å²) in [6, 6.07) is 16.2. The Morgan fingerprint density at radius 2 is 1.71 bits per heavy atom. The summed E-state index contributed by atoms with van der Waals surface area (Å²) in [5, 5.41) is 8.97. The average molecular weight is 323 g/mol. The van der Waals surface area contributed by atoms with Crippen LogP contribution in [0.4, 0.5) is 16.2 Å². The number of hydrogen-bond acceptors (Lipinski definition) is 4. The van der Waals surface area contributed by atoms with Crippen LogP contribution in [-0.4, -0.2) is 13.1 Å². The van der Waals surface area contributed by atoms with E-state index in [1.807, 2.05) is 42.5 Å². The first-order chi connectivity index (χ1) is 11.7. The molecule has 0 spiro atoms. The number of urea groups is 1. The van der Waals surface area contributed by atoms with Crippen LogP contribution in [0.3, 0.4) is 0 Å². The van der Waals surface area contributed by atoms with E-state index in [1.54, 1.807) is 19.2 Å². The predicted octanol–water partition coefficient (Wildman–Crippen LogP) is 3.16. The highest BCUT2D eigenvalue weighted by Crippen LogP contribution is 2.27. The van der Waals surface area contributed by atoms with E-state index in [4.69, 9.17) is 4.42 Å². The summed E-state index contributed by atoms with van der Waals surface area (Å²) in [7, 11) is 1.69. The van der Waals surface area contributed by atoms with Crippen LogP contribution in [0.15, 0.2) is 63.8 Å². The maximum atomic E-state index is 12.2. The van der Waals surface area contributed by atoms with Gasteiger partial charge in [0.15, 0.2) is 5.69 Å². The van der Waals surface area contributed by atoms with Crippen molar-refractivity contribution in [3.8, 4) is 0 Å². The molecule has 2 aromatic carbocycles. The second-order valence-electron chi connectivity index (χ2n) is 5.18. The number of rotatable bonds is 4. The minimum Gasteiger partial charge on any atom is -0.421 e. The molecule has 0 bridgehead atoms. The van der Waals surface area contributed by atoms with Crippen molar-refractivity contribution < 1.29 is 9.21 Å². The van der Waals surface area contributed by atoms with E-state index < -0.39 is 11.7 Å². The van der Waals surface area contributed by atoms with Gasteiger partial charge < -0.3 is 15.1 Å². The Kier molecular flexibility index (Phi) is 4.47. The molecule has 122 valence electrons. The molecule has 6 heteroatoms. The highest BCUT2D eigenvalue weighted by Gasteiger charge is 2.15. The predicted molar refractivity (Wildman–Crippen MR) is 94.3 cm³/mol. The van der Waals surface area contributed by atoms with Crippen LogP contribution >= 0.6 is 0 Å². The highest BCUT2D eigenvalue weighted by molar-refractivity contribution is 6.01. The normalized spacial score (nSPS) is 10.4. The van der Waals surface area contributed by atoms with Gasteiger partial charge in [-0.1, -0.05) is 42.5 Å². The first-order valence-corrected chi connectivity index (χ1v) is 7.51. The third kappa shape index (κ3) is 3.22. The third-order valence-electron chi connectivity index (χ3n) is 3.60. The van der Waals surface area contributed by atoms with Crippen molar-refractivity contribution in [1.82, 2.24) is 5.32 Å². The van der Waals surface area contributed by atoms with Gasteiger partial charge in [-0.25, -0.2) is 9.59 Å². The fourth-order valence-corrected chi connectivity index (χ4v) is 2.46. The smallest absolute Gasteiger partial charge is 0.362 e. The van der Waals surface area contributed by atoms with Crippen molar-refractivity contribution in [2.75, 3.05) is 17.7 Å². The van der Waals surface area contributed by atoms with Crippen molar-refractivity contribution in [3.63, 3.8) is 0 Å². The maximum Gasteiger partial charge on any atom is 0.362 e. The highest BCUT2D eigenvalue weighted by atomic mass is 16.4. The van der Waals surface area contributed by atoms with E-state index in [1.165, 1.54) is 0 Å². The lowest BCUT2D eigenvalue weighted by atomic mass is 10.2. The molecule has 6 nitrogen and oxygen atoms in total. The lowest BCUT2D eigenvalue weighted by molar-refractivity contribution is 0.251. The Morgan fingerprint density at radius 1 is 1.00 bits per heavy atom. The summed E-state index contributed by atoms with van der Waals surface area (Å²) in [6.07, 6.45) is 0. The number of fused-ring (bicyclic) bond motifs is 1. The summed E-state index contributed by atoms with van der Waals surface area (Å²) >= 11 is 0. The molecule has 1 heterocycles. The summed E-state index contributed by atoms with van der Waals surface area (Å²) < 4.78 is 5.26. The van der Waals surface area contributed by atoms with Gasteiger partial charge in [0.25, 0.3) is 0 Å². The standard InChI is InChI=1S/C18H17N3O3/c1-19-15-13-9-5-6-10-14(13)24-17(22)16(15)21-18(23)20-11-12-7-3-2-4-8-12/h2-10,19H,11H2,1H3,(H2,20,21,23). The minimum atomic E-state index is -0.604. The number of anilines is 2. The average Bonchev–Trinajstić information content (AvgIpc) is 2.61. The largest absolute Gasteiger partial charge is 0.421 e. The topological polar surface area (TPSA) is 83.4 Å². The van der Waals surface area contributed by atoms with Crippen molar-refractivity contribution in [2.24, 2.45) is 0 Å². The quantitative estimate of drug-likeness (QED) is 0.644. The molecular formula is C18H17N3O3. The Bertz CT molecular complexity index is 920. The number of amides is 2. The molecule has 0 saturated heterocycles. The van der Waals surface area contributed by atoms with Gasteiger partial charge in [0.2, 0.25) is 0 Å². The molecule has 0 aliphatic carbocycles. The molecule has 3 aromatic rings. The van der Waals surface area contributed by atoms with Crippen molar-refractivity contribution >= 4 is 28.4 Å². The SMILES string of the molecule is CNc1c(NC(=O)NCc2ccccc2)c(=O)oc2ccccc12. The fourth-order valence-electron chi connectivity index (χ4n) is 2.46. The van der Waals surface area contributed by atoms with Crippen LogP contribution in [0, 0.1) is 0 Å². The number of carbonyl (C=O) groups is 1. The zero-order valence-electron chi connectivity index (χ0n) is 13.1. The van der Waals surface area contributed by atoms with Crippen LogP contribution in [0.1, 0.15) is 5.56 Å². The summed E-state index contributed by atoms with van der Waals surface area (Å²) in [6.45, 7) is 0.362. The molecule has 0 atom stereocenters. The van der Waals surface area contributed by atoms with E-state index in [0.717, 1.165) is 10.9 Å². The zero-order valence-corrected chi connectivity index (χ0v) is 13.1. The van der Waals surface area contributed by atoms with E-state index in [9.17, 15) is 9.59 Å². The van der Waals surface area contributed by atoms with Gasteiger partial charge in [0.1, 0.15) is 5.58 Å². The van der Waals surface area contributed by atoms with Crippen molar-refractivity contribution in [2.45, 2.75) is 6.54 Å². The minimum absolute atomic E-state index is 0.0850. The Balaban J connectivity index is 1.83. The molecule has 0 aliphatic rings. The zero-order chi connectivity index (χ0) is 16.9.